The van der Waals surface area contributed by atoms with Gasteiger partial charge in [0.1, 0.15) is 6.04 Å². The van der Waals surface area contributed by atoms with Crippen LogP contribution in [0.2, 0.25) is 5.02 Å². The molecule has 3 aromatic rings. The maximum atomic E-state index is 12.7. The van der Waals surface area contributed by atoms with E-state index >= 15 is 0 Å². The number of hydrogen-bond acceptors (Lipinski definition) is 4. The zero-order chi connectivity index (χ0) is 20.4. The third-order valence-corrected chi connectivity index (χ3v) is 5.29. The minimum absolute atomic E-state index is 0.0879. The van der Waals surface area contributed by atoms with Gasteiger partial charge in [0.2, 0.25) is 11.8 Å². The number of rotatable bonds is 5. The van der Waals surface area contributed by atoms with Crippen LogP contribution in [0.15, 0.2) is 54.7 Å². The fourth-order valence-electron chi connectivity index (χ4n) is 3.49. The van der Waals surface area contributed by atoms with E-state index in [9.17, 15) is 9.59 Å². The first-order valence-corrected chi connectivity index (χ1v) is 9.92. The summed E-state index contributed by atoms with van der Waals surface area (Å²) in [6.45, 7) is 2.47. The van der Waals surface area contributed by atoms with Crippen molar-refractivity contribution >= 4 is 51.4 Å². The minimum atomic E-state index is -0.489. The van der Waals surface area contributed by atoms with Crippen LogP contribution in [0.4, 0.5) is 17.1 Å². The first-order valence-electron chi connectivity index (χ1n) is 9.54. The summed E-state index contributed by atoms with van der Waals surface area (Å²) in [5.74, 6) is -0.0822. The van der Waals surface area contributed by atoms with Crippen LogP contribution in [0.3, 0.4) is 0 Å². The van der Waals surface area contributed by atoms with Crippen molar-refractivity contribution in [1.29, 1.82) is 0 Å². The van der Waals surface area contributed by atoms with Crippen LogP contribution in [0.5, 0.6) is 0 Å². The molecule has 1 atom stereocenters. The molecule has 6 nitrogen and oxygen atoms in total. The quantitative estimate of drug-likeness (QED) is 0.653. The average molecular weight is 409 g/mol. The van der Waals surface area contributed by atoms with Gasteiger partial charge in [-0.05, 0) is 55.8 Å². The van der Waals surface area contributed by atoms with Crippen LogP contribution in [0, 0.1) is 0 Å². The molecule has 0 bridgehead atoms. The number of nitrogens with zero attached hydrogens (tertiary/aromatic N) is 2. The monoisotopic (exact) mass is 408 g/mol. The Morgan fingerprint density at radius 2 is 2.07 bits per heavy atom. The summed E-state index contributed by atoms with van der Waals surface area (Å²) >= 11 is 6.39. The van der Waals surface area contributed by atoms with Crippen molar-refractivity contribution in [3.8, 4) is 0 Å². The number of carbonyl (C=O) groups excluding carboxylic acids is 2. The average Bonchev–Trinajstić information content (AvgIpc) is 3.14. The van der Waals surface area contributed by atoms with E-state index in [-0.39, 0.29) is 11.8 Å². The Morgan fingerprint density at radius 1 is 1.21 bits per heavy atom. The highest BCUT2D eigenvalue weighted by atomic mass is 35.5. The molecule has 4 rings (SSSR count). The van der Waals surface area contributed by atoms with E-state index in [1.807, 2.05) is 42.5 Å². The van der Waals surface area contributed by atoms with Gasteiger partial charge >= 0.3 is 0 Å². The molecule has 1 aromatic heterocycles. The highest BCUT2D eigenvalue weighted by Gasteiger charge is 2.24. The fraction of sp³-hybridized carbons (Fsp3) is 0.227. The predicted octanol–water partition coefficient (Wildman–Crippen LogP) is 4.45. The van der Waals surface area contributed by atoms with Crippen molar-refractivity contribution in [3.63, 3.8) is 0 Å². The Morgan fingerprint density at radius 3 is 2.83 bits per heavy atom. The van der Waals surface area contributed by atoms with Crippen molar-refractivity contribution in [2.24, 2.45) is 0 Å². The molecule has 7 heteroatoms. The number of benzene rings is 2. The Bertz CT molecular complexity index is 1080. The van der Waals surface area contributed by atoms with Crippen molar-refractivity contribution in [3.05, 3.63) is 59.8 Å². The van der Waals surface area contributed by atoms with Crippen molar-refractivity contribution < 1.29 is 9.59 Å². The molecule has 0 radical (unpaired) electrons. The van der Waals surface area contributed by atoms with Crippen molar-refractivity contribution in [2.75, 3.05) is 22.1 Å². The SMILES string of the molecule is CC(Nc1ccc(N2CCCC2=O)c(Cl)c1)C(=O)Nc1cccc2ncccc12. The van der Waals surface area contributed by atoms with E-state index in [0.29, 0.717) is 29.4 Å². The highest BCUT2D eigenvalue weighted by Crippen LogP contribution is 2.32. The van der Waals surface area contributed by atoms with Crippen LogP contribution in [0.25, 0.3) is 10.9 Å². The van der Waals surface area contributed by atoms with E-state index in [1.165, 1.54) is 0 Å². The number of anilines is 3. The van der Waals surface area contributed by atoms with Gasteiger partial charge in [-0.25, -0.2) is 0 Å². The zero-order valence-electron chi connectivity index (χ0n) is 16.0. The number of pyridine rings is 1. The first-order chi connectivity index (χ1) is 14.0. The zero-order valence-corrected chi connectivity index (χ0v) is 16.7. The third-order valence-electron chi connectivity index (χ3n) is 4.99. The molecular weight excluding hydrogens is 388 g/mol. The lowest BCUT2D eigenvalue weighted by Crippen LogP contribution is -2.32. The lowest BCUT2D eigenvalue weighted by molar-refractivity contribution is -0.117. The van der Waals surface area contributed by atoms with Crippen LogP contribution in [-0.2, 0) is 9.59 Å². The fourth-order valence-corrected chi connectivity index (χ4v) is 3.77. The normalized spacial score (nSPS) is 14.8. The summed E-state index contributed by atoms with van der Waals surface area (Å²) in [6.07, 6.45) is 3.12. The van der Waals surface area contributed by atoms with E-state index < -0.39 is 6.04 Å². The van der Waals surface area contributed by atoms with Gasteiger partial charge in [0, 0.05) is 30.2 Å². The molecular formula is C22H21ClN4O2. The van der Waals surface area contributed by atoms with E-state index in [2.05, 4.69) is 15.6 Å². The molecule has 1 saturated heterocycles. The molecule has 0 aliphatic carbocycles. The maximum Gasteiger partial charge on any atom is 0.246 e. The predicted molar refractivity (Wildman–Crippen MR) is 116 cm³/mol. The third kappa shape index (κ3) is 4.03. The van der Waals surface area contributed by atoms with E-state index in [0.717, 1.165) is 23.0 Å². The van der Waals surface area contributed by atoms with Gasteiger partial charge in [0.25, 0.3) is 0 Å². The molecule has 1 aliphatic rings. The highest BCUT2D eigenvalue weighted by molar-refractivity contribution is 6.34. The number of halogens is 1. The lowest BCUT2D eigenvalue weighted by atomic mass is 10.1. The molecule has 2 heterocycles. The number of hydrogen-bond donors (Lipinski definition) is 2. The number of fused-ring (bicyclic) bond motifs is 1. The van der Waals surface area contributed by atoms with Gasteiger partial charge in [-0.3, -0.25) is 14.6 Å². The second kappa shape index (κ2) is 8.09. The standard InChI is InChI=1S/C22H21ClN4O2/c1-14(22(29)26-19-7-2-6-18-16(19)5-3-11-24-18)25-15-9-10-20(17(23)13-15)27-12-4-8-21(27)28/h2-3,5-7,9-11,13-14,25H,4,8,12H2,1H3,(H,26,29). The number of nitrogens with one attached hydrogen (secondary N) is 2. The summed E-state index contributed by atoms with van der Waals surface area (Å²) in [5, 5.41) is 7.49. The Balaban J connectivity index is 1.46. The van der Waals surface area contributed by atoms with E-state index in [1.54, 1.807) is 24.1 Å². The molecule has 1 unspecified atom stereocenters. The van der Waals surface area contributed by atoms with Gasteiger partial charge in [-0.1, -0.05) is 17.7 Å². The molecule has 1 aliphatic heterocycles. The number of carbonyl (C=O) groups is 2. The first kappa shape index (κ1) is 19.2. The van der Waals surface area contributed by atoms with Crippen LogP contribution in [-0.4, -0.2) is 29.4 Å². The van der Waals surface area contributed by atoms with Crippen LogP contribution >= 0.6 is 11.6 Å². The maximum absolute atomic E-state index is 12.7. The van der Waals surface area contributed by atoms with Gasteiger partial charge < -0.3 is 15.5 Å². The van der Waals surface area contributed by atoms with Crippen molar-refractivity contribution in [1.82, 2.24) is 4.98 Å². The molecule has 29 heavy (non-hydrogen) atoms. The van der Waals surface area contributed by atoms with Crippen LogP contribution in [0.1, 0.15) is 19.8 Å². The molecule has 2 aromatic carbocycles. The molecule has 0 saturated carbocycles. The minimum Gasteiger partial charge on any atom is -0.374 e. The van der Waals surface area contributed by atoms with Gasteiger partial charge in [0.15, 0.2) is 0 Å². The van der Waals surface area contributed by atoms with Gasteiger partial charge in [-0.2, -0.15) is 0 Å². The summed E-state index contributed by atoms with van der Waals surface area (Å²) in [7, 11) is 0. The second-order valence-electron chi connectivity index (χ2n) is 7.05. The Hall–Kier alpha value is -3.12. The van der Waals surface area contributed by atoms with Crippen LogP contribution < -0.4 is 15.5 Å². The second-order valence-corrected chi connectivity index (χ2v) is 7.45. The van der Waals surface area contributed by atoms with Gasteiger partial charge in [-0.15, -0.1) is 0 Å². The van der Waals surface area contributed by atoms with Crippen molar-refractivity contribution in [2.45, 2.75) is 25.8 Å². The summed E-state index contributed by atoms with van der Waals surface area (Å²) < 4.78 is 0. The largest absolute Gasteiger partial charge is 0.374 e. The molecule has 2 N–H and O–H groups in total. The number of amides is 2. The summed E-state index contributed by atoms with van der Waals surface area (Å²) in [4.78, 5) is 30.6. The lowest BCUT2D eigenvalue weighted by Gasteiger charge is -2.20. The molecule has 148 valence electrons. The molecule has 2 amide bonds. The number of aromatic nitrogens is 1. The van der Waals surface area contributed by atoms with Gasteiger partial charge in [0.05, 0.1) is 21.9 Å². The smallest absolute Gasteiger partial charge is 0.246 e. The summed E-state index contributed by atoms with van der Waals surface area (Å²) in [6, 6.07) is 14.3. The molecule has 1 fully saturated rings. The van der Waals surface area contributed by atoms with E-state index in [4.69, 9.17) is 11.6 Å². The Labute approximate surface area is 173 Å². The molecule has 0 spiro atoms. The topological polar surface area (TPSA) is 74.3 Å². The Kier molecular flexibility index (Phi) is 5.36. The summed E-state index contributed by atoms with van der Waals surface area (Å²) in [5.41, 5.74) is 2.97.